The molecule has 0 aliphatic heterocycles. The summed E-state index contributed by atoms with van der Waals surface area (Å²) < 4.78 is 23.9. The molecule has 0 atom stereocenters. The van der Waals surface area contributed by atoms with Gasteiger partial charge in [0.1, 0.15) is 23.9 Å². The molecule has 0 fully saturated rings. The Bertz CT molecular complexity index is 1070. The first-order valence-electron chi connectivity index (χ1n) is 9.88. The largest absolute Gasteiger partial charge is 0.494 e. The number of halogens is 1. The Kier molecular flexibility index (Phi) is 7.91. The molecule has 0 radical (unpaired) electrons. The van der Waals surface area contributed by atoms with Gasteiger partial charge in [-0.15, -0.1) is 0 Å². The molecule has 2 amide bonds. The normalized spacial score (nSPS) is 10.6. The van der Waals surface area contributed by atoms with Gasteiger partial charge in [-0.1, -0.05) is 12.1 Å². The van der Waals surface area contributed by atoms with Crippen molar-refractivity contribution in [1.29, 1.82) is 0 Å². The van der Waals surface area contributed by atoms with Crippen LogP contribution in [0.3, 0.4) is 0 Å². The maximum Gasteiger partial charge on any atom is 0.329 e. The highest BCUT2D eigenvalue weighted by Crippen LogP contribution is 2.16. The molecular weight excluding hydrogens is 413 g/mol. The van der Waals surface area contributed by atoms with E-state index < -0.39 is 11.8 Å². The number of carbonyl (C=O) groups is 2. The van der Waals surface area contributed by atoms with E-state index in [0.717, 1.165) is 5.56 Å². The number of ether oxygens (including phenoxy) is 2. The second-order valence-electron chi connectivity index (χ2n) is 6.59. The number of anilines is 1. The van der Waals surface area contributed by atoms with Gasteiger partial charge in [-0.25, -0.2) is 9.82 Å². The number of nitrogens with zero attached hydrogens (tertiary/aromatic N) is 1. The summed E-state index contributed by atoms with van der Waals surface area (Å²) in [6, 6.07) is 19.7. The molecule has 0 bridgehead atoms. The van der Waals surface area contributed by atoms with E-state index in [1.807, 2.05) is 6.92 Å². The van der Waals surface area contributed by atoms with Crippen LogP contribution in [0.1, 0.15) is 18.1 Å². The van der Waals surface area contributed by atoms with Gasteiger partial charge >= 0.3 is 11.8 Å². The number of hydrazone groups is 1. The van der Waals surface area contributed by atoms with Gasteiger partial charge in [0, 0.05) is 5.69 Å². The monoisotopic (exact) mass is 435 g/mol. The van der Waals surface area contributed by atoms with E-state index in [1.165, 1.54) is 18.3 Å². The van der Waals surface area contributed by atoms with Crippen LogP contribution in [0, 0.1) is 5.82 Å². The van der Waals surface area contributed by atoms with Crippen molar-refractivity contribution in [3.05, 3.63) is 89.7 Å². The number of nitrogens with one attached hydrogen (secondary N) is 2. The van der Waals surface area contributed by atoms with E-state index in [0.29, 0.717) is 36.0 Å². The molecule has 0 saturated heterocycles. The van der Waals surface area contributed by atoms with Gasteiger partial charge in [0.2, 0.25) is 0 Å². The van der Waals surface area contributed by atoms with Crippen LogP contribution < -0.4 is 20.2 Å². The lowest BCUT2D eigenvalue weighted by atomic mass is 10.2. The summed E-state index contributed by atoms with van der Waals surface area (Å²) in [7, 11) is 0. The first-order chi connectivity index (χ1) is 15.5. The molecule has 3 aromatic rings. The summed E-state index contributed by atoms with van der Waals surface area (Å²) >= 11 is 0. The summed E-state index contributed by atoms with van der Waals surface area (Å²) in [6.45, 7) is 2.73. The second kappa shape index (κ2) is 11.3. The molecule has 32 heavy (non-hydrogen) atoms. The van der Waals surface area contributed by atoms with Gasteiger partial charge in [0.05, 0.1) is 12.8 Å². The minimum atomic E-state index is -0.894. The second-order valence-corrected chi connectivity index (χ2v) is 6.59. The predicted molar refractivity (Wildman–Crippen MR) is 119 cm³/mol. The van der Waals surface area contributed by atoms with Crippen LogP contribution in [-0.2, 0) is 16.2 Å². The first kappa shape index (κ1) is 22.5. The molecule has 0 heterocycles. The molecular formula is C24H22FN3O4. The van der Waals surface area contributed by atoms with Crippen LogP contribution >= 0.6 is 0 Å². The Morgan fingerprint density at radius 3 is 2.16 bits per heavy atom. The van der Waals surface area contributed by atoms with Gasteiger partial charge in [0.15, 0.2) is 0 Å². The number of carbonyl (C=O) groups excluding carboxylic acids is 2. The molecule has 8 heteroatoms. The molecule has 0 saturated carbocycles. The number of hydrogen-bond acceptors (Lipinski definition) is 5. The fraction of sp³-hybridized carbons (Fsp3) is 0.125. The van der Waals surface area contributed by atoms with Crippen molar-refractivity contribution >= 4 is 23.7 Å². The zero-order chi connectivity index (χ0) is 22.8. The quantitative estimate of drug-likeness (QED) is 0.319. The van der Waals surface area contributed by atoms with Gasteiger partial charge in [-0.3, -0.25) is 9.59 Å². The van der Waals surface area contributed by atoms with Crippen LogP contribution in [0.2, 0.25) is 0 Å². The lowest BCUT2D eigenvalue weighted by Gasteiger charge is -2.07. The van der Waals surface area contributed by atoms with Gasteiger partial charge < -0.3 is 14.8 Å². The molecule has 3 rings (SSSR count). The van der Waals surface area contributed by atoms with E-state index in [2.05, 4.69) is 15.8 Å². The topological polar surface area (TPSA) is 89.0 Å². The van der Waals surface area contributed by atoms with Crippen molar-refractivity contribution in [2.75, 3.05) is 11.9 Å². The highest BCUT2D eigenvalue weighted by molar-refractivity contribution is 6.39. The SMILES string of the molecule is CCOc1ccc(NC(=O)C(=O)NN=Cc2ccc(OCc3ccc(F)cc3)cc2)cc1. The Morgan fingerprint density at radius 1 is 0.875 bits per heavy atom. The van der Waals surface area contributed by atoms with Crippen LogP contribution in [0.15, 0.2) is 77.9 Å². The van der Waals surface area contributed by atoms with Gasteiger partial charge in [0.25, 0.3) is 0 Å². The lowest BCUT2D eigenvalue weighted by molar-refractivity contribution is -0.136. The predicted octanol–water partition coefficient (Wildman–Crippen LogP) is 3.89. The van der Waals surface area contributed by atoms with Crippen molar-refractivity contribution < 1.29 is 23.5 Å². The number of hydrogen-bond donors (Lipinski definition) is 2. The maximum atomic E-state index is 12.9. The highest BCUT2D eigenvalue weighted by atomic mass is 19.1. The number of benzene rings is 3. The third-order valence-corrected chi connectivity index (χ3v) is 4.21. The van der Waals surface area contributed by atoms with Crippen molar-refractivity contribution in [3.8, 4) is 11.5 Å². The molecule has 0 aliphatic rings. The molecule has 0 aromatic heterocycles. The van der Waals surface area contributed by atoms with Crippen LogP contribution in [-0.4, -0.2) is 24.6 Å². The summed E-state index contributed by atoms with van der Waals surface area (Å²) in [6.07, 6.45) is 1.41. The third kappa shape index (κ3) is 6.94. The lowest BCUT2D eigenvalue weighted by Crippen LogP contribution is -2.32. The van der Waals surface area contributed by atoms with Crippen LogP contribution in [0.5, 0.6) is 11.5 Å². The molecule has 3 aromatic carbocycles. The Balaban J connectivity index is 1.44. The summed E-state index contributed by atoms with van der Waals surface area (Å²) in [4.78, 5) is 23.8. The fourth-order valence-corrected chi connectivity index (χ4v) is 2.60. The van der Waals surface area contributed by atoms with Crippen molar-refractivity contribution in [2.24, 2.45) is 5.10 Å². The van der Waals surface area contributed by atoms with E-state index >= 15 is 0 Å². The Morgan fingerprint density at radius 2 is 1.50 bits per heavy atom. The minimum absolute atomic E-state index is 0.293. The van der Waals surface area contributed by atoms with Crippen molar-refractivity contribution in [3.63, 3.8) is 0 Å². The summed E-state index contributed by atoms with van der Waals surface area (Å²) in [5.74, 6) is -0.722. The van der Waals surface area contributed by atoms with Gasteiger partial charge in [-0.2, -0.15) is 5.10 Å². The fourth-order valence-electron chi connectivity index (χ4n) is 2.60. The molecule has 7 nitrogen and oxygen atoms in total. The minimum Gasteiger partial charge on any atom is -0.494 e. The number of amides is 2. The van der Waals surface area contributed by atoms with Crippen LogP contribution in [0.4, 0.5) is 10.1 Å². The average molecular weight is 435 g/mol. The molecule has 0 aliphatic carbocycles. The van der Waals surface area contributed by atoms with Crippen molar-refractivity contribution in [2.45, 2.75) is 13.5 Å². The van der Waals surface area contributed by atoms with Gasteiger partial charge in [-0.05, 0) is 78.7 Å². The molecule has 0 spiro atoms. The van der Waals surface area contributed by atoms with Crippen LogP contribution in [0.25, 0.3) is 0 Å². The first-order valence-corrected chi connectivity index (χ1v) is 9.88. The van der Waals surface area contributed by atoms with E-state index in [-0.39, 0.29) is 5.82 Å². The standard InChI is InChI=1S/C24H22FN3O4/c1-2-31-21-13-9-20(10-14-21)27-23(29)24(30)28-26-15-17-5-11-22(12-6-17)32-16-18-3-7-19(25)8-4-18/h3-15H,2,16H2,1H3,(H,27,29)(H,28,30). The third-order valence-electron chi connectivity index (χ3n) is 4.21. The Labute approximate surface area is 184 Å². The summed E-state index contributed by atoms with van der Waals surface area (Å²) in [5, 5.41) is 6.27. The average Bonchev–Trinajstić information content (AvgIpc) is 2.81. The van der Waals surface area contributed by atoms with E-state index in [9.17, 15) is 14.0 Å². The van der Waals surface area contributed by atoms with E-state index in [1.54, 1.807) is 60.7 Å². The Hall–Kier alpha value is -4.20. The van der Waals surface area contributed by atoms with E-state index in [4.69, 9.17) is 9.47 Å². The zero-order valence-corrected chi connectivity index (χ0v) is 17.4. The summed E-state index contributed by atoms with van der Waals surface area (Å²) in [5.41, 5.74) is 4.20. The molecule has 0 unspecified atom stereocenters. The highest BCUT2D eigenvalue weighted by Gasteiger charge is 2.12. The molecule has 2 N–H and O–H groups in total. The number of rotatable bonds is 8. The maximum absolute atomic E-state index is 12.9. The molecule has 164 valence electrons. The van der Waals surface area contributed by atoms with Crippen molar-refractivity contribution in [1.82, 2.24) is 5.43 Å². The zero-order valence-electron chi connectivity index (χ0n) is 17.4. The smallest absolute Gasteiger partial charge is 0.329 e.